The lowest BCUT2D eigenvalue weighted by Crippen LogP contribution is -2.37. The topological polar surface area (TPSA) is 60.0 Å². The lowest BCUT2D eigenvalue weighted by atomic mass is 10.2. The normalized spacial score (nSPS) is 23.2. The quantitative estimate of drug-likeness (QED) is 0.533. The molecule has 0 aromatic rings. The van der Waals surface area contributed by atoms with E-state index < -0.39 is 6.10 Å². The Kier molecular flexibility index (Phi) is 6.87. The summed E-state index contributed by atoms with van der Waals surface area (Å²) in [5, 5.41) is 12.8. The fourth-order valence-electron chi connectivity index (χ4n) is 1.42. The standard InChI is InChI=1S/C10H21NO4/c1-13-4-5-15-8-10(12)6-11-9-2-3-14-7-9/h9-12H,2-8H2,1H3. The second kappa shape index (κ2) is 8.01. The molecule has 2 unspecified atom stereocenters. The van der Waals surface area contributed by atoms with Crippen LogP contribution in [0.15, 0.2) is 0 Å². The summed E-state index contributed by atoms with van der Waals surface area (Å²) in [6, 6.07) is 0.388. The molecule has 0 spiro atoms. The molecule has 0 aromatic carbocycles. The van der Waals surface area contributed by atoms with Gasteiger partial charge in [0.25, 0.3) is 0 Å². The molecule has 2 atom stereocenters. The van der Waals surface area contributed by atoms with E-state index in [-0.39, 0.29) is 0 Å². The molecule has 90 valence electrons. The van der Waals surface area contributed by atoms with Gasteiger partial charge in [0.1, 0.15) is 0 Å². The highest BCUT2D eigenvalue weighted by molar-refractivity contribution is 4.72. The Balaban J connectivity index is 1.90. The molecule has 1 aliphatic rings. The highest BCUT2D eigenvalue weighted by Crippen LogP contribution is 2.02. The first kappa shape index (κ1) is 12.9. The lowest BCUT2D eigenvalue weighted by Gasteiger charge is -2.15. The number of hydrogen-bond acceptors (Lipinski definition) is 5. The molecule has 2 N–H and O–H groups in total. The van der Waals surface area contributed by atoms with Gasteiger partial charge in [-0.15, -0.1) is 0 Å². The van der Waals surface area contributed by atoms with Crippen molar-refractivity contribution < 1.29 is 19.3 Å². The largest absolute Gasteiger partial charge is 0.389 e. The molecule has 1 rings (SSSR count). The van der Waals surface area contributed by atoms with Crippen LogP contribution in [0.5, 0.6) is 0 Å². The third-order valence-electron chi connectivity index (χ3n) is 2.31. The minimum absolute atomic E-state index is 0.351. The van der Waals surface area contributed by atoms with Crippen LogP contribution < -0.4 is 5.32 Å². The molecular formula is C10H21NO4. The highest BCUT2D eigenvalue weighted by Gasteiger charge is 2.15. The van der Waals surface area contributed by atoms with Crippen LogP contribution >= 0.6 is 0 Å². The summed E-state index contributed by atoms with van der Waals surface area (Å²) in [6.45, 7) is 3.57. The van der Waals surface area contributed by atoms with E-state index in [4.69, 9.17) is 14.2 Å². The fraction of sp³-hybridized carbons (Fsp3) is 1.00. The first-order chi connectivity index (χ1) is 7.33. The summed E-state index contributed by atoms with van der Waals surface area (Å²) in [4.78, 5) is 0. The lowest BCUT2D eigenvalue weighted by molar-refractivity contribution is 0.0128. The third-order valence-corrected chi connectivity index (χ3v) is 2.31. The second-order valence-corrected chi connectivity index (χ2v) is 3.69. The summed E-state index contributed by atoms with van der Waals surface area (Å²) in [5.41, 5.74) is 0. The summed E-state index contributed by atoms with van der Waals surface area (Å²) in [5.74, 6) is 0. The van der Waals surface area contributed by atoms with Gasteiger partial charge in [-0.05, 0) is 6.42 Å². The van der Waals surface area contributed by atoms with Crippen molar-refractivity contribution in [2.24, 2.45) is 0 Å². The summed E-state index contributed by atoms with van der Waals surface area (Å²) in [7, 11) is 1.63. The summed E-state index contributed by atoms with van der Waals surface area (Å²) < 4.78 is 15.2. The molecule has 0 radical (unpaired) electrons. The van der Waals surface area contributed by atoms with Gasteiger partial charge in [-0.2, -0.15) is 0 Å². The van der Waals surface area contributed by atoms with E-state index >= 15 is 0 Å². The average Bonchev–Trinajstić information content (AvgIpc) is 2.74. The molecule has 5 heteroatoms. The monoisotopic (exact) mass is 219 g/mol. The minimum Gasteiger partial charge on any atom is -0.389 e. The van der Waals surface area contributed by atoms with Gasteiger partial charge in [0.15, 0.2) is 0 Å². The maximum absolute atomic E-state index is 9.54. The van der Waals surface area contributed by atoms with Crippen molar-refractivity contribution in [1.82, 2.24) is 5.32 Å². The van der Waals surface area contributed by atoms with Gasteiger partial charge in [-0.1, -0.05) is 0 Å². The molecule has 1 aliphatic heterocycles. The van der Waals surface area contributed by atoms with Crippen molar-refractivity contribution in [3.05, 3.63) is 0 Å². The second-order valence-electron chi connectivity index (χ2n) is 3.69. The molecule has 0 amide bonds. The zero-order valence-electron chi connectivity index (χ0n) is 9.28. The van der Waals surface area contributed by atoms with Crippen LogP contribution in [-0.4, -0.2) is 63.9 Å². The first-order valence-electron chi connectivity index (χ1n) is 5.39. The smallest absolute Gasteiger partial charge is 0.0897 e. The predicted molar refractivity (Wildman–Crippen MR) is 55.9 cm³/mol. The van der Waals surface area contributed by atoms with E-state index in [0.29, 0.717) is 32.4 Å². The van der Waals surface area contributed by atoms with Gasteiger partial charge < -0.3 is 24.6 Å². The SMILES string of the molecule is COCCOCC(O)CNC1CCOC1. The zero-order chi connectivity index (χ0) is 10.9. The van der Waals surface area contributed by atoms with Gasteiger partial charge in [0.05, 0.1) is 32.5 Å². The van der Waals surface area contributed by atoms with Gasteiger partial charge in [0, 0.05) is 26.3 Å². The van der Waals surface area contributed by atoms with Crippen molar-refractivity contribution in [3.8, 4) is 0 Å². The molecule has 0 bridgehead atoms. The first-order valence-corrected chi connectivity index (χ1v) is 5.39. The Morgan fingerprint density at radius 1 is 1.53 bits per heavy atom. The van der Waals surface area contributed by atoms with Crippen LogP contribution in [0.2, 0.25) is 0 Å². The maximum atomic E-state index is 9.54. The van der Waals surface area contributed by atoms with Crippen LogP contribution in [-0.2, 0) is 14.2 Å². The molecule has 15 heavy (non-hydrogen) atoms. The van der Waals surface area contributed by atoms with E-state index in [9.17, 15) is 5.11 Å². The maximum Gasteiger partial charge on any atom is 0.0897 e. The molecule has 0 aliphatic carbocycles. The van der Waals surface area contributed by atoms with E-state index in [2.05, 4.69) is 5.32 Å². The summed E-state index contributed by atoms with van der Waals surface area (Å²) in [6.07, 6.45) is 0.569. The van der Waals surface area contributed by atoms with Crippen molar-refractivity contribution in [2.75, 3.05) is 46.7 Å². The zero-order valence-corrected chi connectivity index (χ0v) is 9.28. The Morgan fingerprint density at radius 2 is 2.40 bits per heavy atom. The Bertz CT molecular complexity index is 150. The fourth-order valence-corrected chi connectivity index (χ4v) is 1.42. The molecular weight excluding hydrogens is 198 g/mol. The van der Waals surface area contributed by atoms with Crippen molar-refractivity contribution in [3.63, 3.8) is 0 Å². The third kappa shape index (κ3) is 6.06. The van der Waals surface area contributed by atoms with Gasteiger partial charge in [-0.25, -0.2) is 0 Å². The average molecular weight is 219 g/mol. The Labute approximate surface area is 90.7 Å². The number of hydrogen-bond donors (Lipinski definition) is 2. The van der Waals surface area contributed by atoms with E-state index in [0.717, 1.165) is 19.6 Å². The number of methoxy groups -OCH3 is 1. The summed E-state index contributed by atoms with van der Waals surface area (Å²) >= 11 is 0. The van der Waals surface area contributed by atoms with E-state index in [1.807, 2.05) is 0 Å². The highest BCUT2D eigenvalue weighted by atomic mass is 16.5. The van der Waals surface area contributed by atoms with E-state index in [1.54, 1.807) is 7.11 Å². The number of rotatable bonds is 8. The number of nitrogens with one attached hydrogen (secondary N) is 1. The van der Waals surface area contributed by atoms with Gasteiger partial charge in [0.2, 0.25) is 0 Å². The van der Waals surface area contributed by atoms with Crippen molar-refractivity contribution >= 4 is 0 Å². The number of aliphatic hydroxyl groups excluding tert-OH is 1. The van der Waals surface area contributed by atoms with Crippen molar-refractivity contribution in [1.29, 1.82) is 0 Å². The van der Waals surface area contributed by atoms with Gasteiger partial charge >= 0.3 is 0 Å². The minimum atomic E-state index is -0.456. The Morgan fingerprint density at radius 3 is 3.07 bits per heavy atom. The molecule has 0 saturated carbocycles. The number of aliphatic hydroxyl groups is 1. The molecule has 5 nitrogen and oxygen atoms in total. The molecule has 1 saturated heterocycles. The van der Waals surface area contributed by atoms with Crippen LogP contribution in [0.3, 0.4) is 0 Å². The van der Waals surface area contributed by atoms with Crippen molar-refractivity contribution in [2.45, 2.75) is 18.6 Å². The predicted octanol–water partition coefficient (Wildman–Crippen LogP) is -0.611. The van der Waals surface area contributed by atoms with Crippen LogP contribution in [0.1, 0.15) is 6.42 Å². The van der Waals surface area contributed by atoms with Crippen LogP contribution in [0, 0.1) is 0 Å². The van der Waals surface area contributed by atoms with E-state index in [1.165, 1.54) is 0 Å². The van der Waals surface area contributed by atoms with Crippen LogP contribution in [0.4, 0.5) is 0 Å². The van der Waals surface area contributed by atoms with Gasteiger partial charge in [-0.3, -0.25) is 0 Å². The molecule has 1 fully saturated rings. The number of ether oxygens (including phenoxy) is 3. The molecule has 0 aromatic heterocycles. The molecule has 1 heterocycles. The van der Waals surface area contributed by atoms with Crippen LogP contribution in [0.25, 0.3) is 0 Å². The Hall–Kier alpha value is -0.200.